The first kappa shape index (κ1) is 10.8. The summed E-state index contributed by atoms with van der Waals surface area (Å²) in [5, 5.41) is 3.08. The average Bonchev–Trinajstić information content (AvgIpc) is 2.26. The second kappa shape index (κ2) is 4.43. The van der Waals surface area contributed by atoms with Crippen LogP contribution in [0.1, 0.15) is 12.5 Å². The lowest BCUT2D eigenvalue weighted by Crippen LogP contribution is -2.16. The maximum absolute atomic E-state index is 10.9. The average molecular weight is 221 g/mol. The molecule has 1 N–H and O–H groups in total. The molecule has 0 saturated heterocycles. The van der Waals surface area contributed by atoms with Crippen LogP contribution in [0.2, 0.25) is 0 Å². The normalized spacial score (nSPS) is 13.4. The molecule has 0 bridgehead atoms. The van der Waals surface area contributed by atoms with Gasteiger partial charge in [-0.2, -0.15) is 0 Å². The highest BCUT2D eigenvalue weighted by Crippen LogP contribution is 2.35. The van der Waals surface area contributed by atoms with Gasteiger partial charge in [0.2, 0.25) is 0 Å². The number of carbonyl (C=O) groups excluding carboxylic acids is 1. The van der Waals surface area contributed by atoms with Crippen molar-refractivity contribution >= 4 is 11.5 Å². The summed E-state index contributed by atoms with van der Waals surface area (Å²) in [4.78, 5) is 10.9. The van der Waals surface area contributed by atoms with E-state index in [0.717, 1.165) is 22.7 Å². The minimum Gasteiger partial charge on any atom is -0.486 e. The fourth-order valence-electron chi connectivity index (χ4n) is 1.60. The molecular formula is C12H15NO3. The zero-order valence-electron chi connectivity index (χ0n) is 9.50. The third-order valence-corrected chi connectivity index (χ3v) is 2.42. The maximum atomic E-state index is 10.9. The van der Waals surface area contributed by atoms with Crippen LogP contribution >= 0.6 is 0 Å². The molecule has 0 saturated carbocycles. The van der Waals surface area contributed by atoms with Gasteiger partial charge in [-0.15, -0.1) is 0 Å². The number of rotatable bonds is 3. The van der Waals surface area contributed by atoms with E-state index in [9.17, 15) is 4.79 Å². The fraction of sp³-hybridized carbons (Fsp3) is 0.417. The van der Waals surface area contributed by atoms with Crippen molar-refractivity contribution in [3.8, 4) is 11.5 Å². The van der Waals surface area contributed by atoms with Gasteiger partial charge >= 0.3 is 0 Å². The number of aryl methyl sites for hydroxylation is 1. The Kier molecular flexibility index (Phi) is 2.99. The molecule has 1 aromatic carbocycles. The van der Waals surface area contributed by atoms with Crippen LogP contribution in [0.5, 0.6) is 11.5 Å². The SMILES string of the molecule is CC(=O)CNc1cc2c(cc1C)OCCO2. The second-order valence-electron chi connectivity index (χ2n) is 3.87. The second-order valence-corrected chi connectivity index (χ2v) is 3.87. The highest BCUT2D eigenvalue weighted by Gasteiger charge is 2.13. The molecule has 0 aromatic heterocycles. The van der Waals surface area contributed by atoms with Crippen LogP contribution in [0.3, 0.4) is 0 Å². The van der Waals surface area contributed by atoms with Crippen molar-refractivity contribution in [3.63, 3.8) is 0 Å². The molecule has 1 heterocycles. The van der Waals surface area contributed by atoms with Gasteiger partial charge in [-0.05, 0) is 25.5 Å². The van der Waals surface area contributed by atoms with E-state index < -0.39 is 0 Å². The summed E-state index contributed by atoms with van der Waals surface area (Å²) in [6.45, 7) is 5.02. The smallest absolute Gasteiger partial charge is 0.163 e. The van der Waals surface area contributed by atoms with Crippen LogP contribution in [-0.4, -0.2) is 25.5 Å². The van der Waals surface area contributed by atoms with E-state index >= 15 is 0 Å². The summed E-state index contributed by atoms with van der Waals surface area (Å²) in [5.41, 5.74) is 1.96. The Morgan fingerprint density at radius 3 is 2.56 bits per heavy atom. The van der Waals surface area contributed by atoms with Crippen LogP contribution in [0.25, 0.3) is 0 Å². The number of benzene rings is 1. The number of carbonyl (C=O) groups is 1. The molecule has 1 aliphatic rings. The van der Waals surface area contributed by atoms with Crippen LogP contribution in [0, 0.1) is 6.92 Å². The van der Waals surface area contributed by atoms with E-state index in [0.29, 0.717) is 19.8 Å². The number of Topliss-reactive ketones (excluding diaryl/α,β-unsaturated/α-hetero) is 1. The Bertz CT molecular complexity index is 415. The van der Waals surface area contributed by atoms with E-state index in [1.165, 1.54) is 0 Å². The molecular weight excluding hydrogens is 206 g/mol. The number of ketones is 1. The first-order chi connectivity index (χ1) is 7.66. The summed E-state index contributed by atoms with van der Waals surface area (Å²) >= 11 is 0. The first-order valence-electron chi connectivity index (χ1n) is 5.30. The molecule has 0 radical (unpaired) electrons. The monoisotopic (exact) mass is 221 g/mol. The van der Waals surface area contributed by atoms with Gasteiger partial charge in [0.15, 0.2) is 11.5 Å². The third kappa shape index (κ3) is 2.27. The number of anilines is 1. The number of hydrogen-bond donors (Lipinski definition) is 1. The lowest BCUT2D eigenvalue weighted by molar-refractivity contribution is -0.115. The predicted octanol–water partition coefficient (Wildman–Crippen LogP) is 1.77. The number of nitrogens with one attached hydrogen (secondary N) is 1. The number of ether oxygens (including phenoxy) is 2. The van der Waals surface area contributed by atoms with Crippen LogP contribution in [0.15, 0.2) is 12.1 Å². The molecule has 16 heavy (non-hydrogen) atoms. The van der Waals surface area contributed by atoms with Gasteiger partial charge < -0.3 is 14.8 Å². The Morgan fingerprint density at radius 2 is 1.94 bits per heavy atom. The molecule has 86 valence electrons. The fourth-order valence-corrected chi connectivity index (χ4v) is 1.60. The van der Waals surface area contributed by atoms with Crippen LogP contribution in [0.4, 0.5) is 5.69 Å². The largest absolute Gasteiger partial charge is 0.486 e. The molecule has 0 aliphatic carbocycles. The van der Waals surface area contributed by atoms with Gasteiger partial charge in [0.1, 0.15) is 19.0 Å². The molecule has 1 aliphatic heterocycles. The number of fused-ring (bicyclic) bond motifs is 1. The first-order valence-corrected chi connectivity index (χ1v) is 5.30. The maximum Gasteiger partial charge on any atom is 0.163 e. The topological polar surface area (TPSA) is 47.6 Å². The molecule has 2 rings (SSSR count). The molecule has 4 heteroatoms. The quantitative estimate of drug-likeness (QED) is 0.845. The van der Waals surface area contributed by atoms with Gasteiger partial charge in [0.05, 0.1) is 6.54 Å². The van der Waals surface area contributed by atoms with E-state index in [4.69, 9.17) is 9.47 Å². The van der Waals surface area contributed by atoms with Crippen molar-refractivity contribution in [2.24, 2.45) is 0 Å². The molecule has 0 fully saturated rings. The molecule has 0 spiro atoms. The lowest BCUT2D eigenvalue weighted by atomic mass is 10.1. The van der Waals surface area contributed by atoms with E-state index in [-0.39, 0.29) is 5.78 Å². The molecule has 0 amide bonds. The van der Waals surface area contributed by atoms with Gasteiger partial charge in [0.25, 0.3) is 0 Å². The molecule has 0 unspecified atom stereocenters. The third-order valence-electron chi connectivity index (χ3n) is 2.42. The molecule has 0 atom stereocenters. The summed E-state index contributed by atoms with van der Waals surface area (Å²) in [6.07, 6.45) is 0. The van der Waals surface area contributed by atoms with Crippen molar-refractivity contribution < 1.29 is 14.3 Å². The van der Waals surface area contributed by atoms with Gasteiger partial charge in [-0.25, -0.2) is 0 Å². The van der Waals surface area contributed by atoms with E-state index in [1.54, 1.807) is 6.92 Å². The minimum absolute atomic E-state index is 0.106. The Morgan fingerprint density at radius 1 is 1.31 bits per heavy atom. The Hall–Kier alpha value is -1.71. The highest BCUT2D eigenvalue weighted by atomic mass is 16.6. The van der Waals surface area contributed by atoms with E-state index in [2.05, 4.69) is 5.32 Å². The van der Waals surface area contributed by atoms with Crippen LogP contribution < -0.4 is 14.8 Å². The number of hydrogen-bond acceptors (Lipinski definition) is 4. The summed E-state index contributed by atoms with van der Waals surface area (Å²) < 4.78 is 10.9. The van der Waals surface area contributed by atoms with Gasteiger partial charge in [0, 0.05) is 11.8 Å². The Balaban J connectivity index is 2.21. The van der Waals surface area contributed by atoms with Gasteiger partial charge in [-0.3, -0.25) is 4.79 Å². The van der Waals surface area contributed by atoms with E-state index in [1.807, 2.05) is 19.1 Å². The van der Waals surface area contributed by atoms with Gasteiger partial charge in [-0.1, -0.05) is 0 Å². The highest BCUT2D eigenvalue weighted by molar-refractivity contribution is 5.80. The van der Waals surface area contributed by atoms with Crippen molar-refractivity contribution in [1.29, 1.82) is 0 Å². The molecule has 4 nitrogen and oxygen atoms in total. The summed E-state index contributed by atoms with van der Waals surface area (Å²) in [6, 6.07) is 3.81. The van der Waals surface area contributed by atoms with Crippen molar-refractivity contribution in [3.05, 3.63) is 17.7 Å². The summed E-state index contributed by atoms with van der Waals surface area (Å²) in [5.74, 6) is 1.62. The minimum atomic E-state index is 0.106. The van der Waals surface area contributed by atoms with Crippen molar-refractivity contribution in [1.82, 2.24) is 0 Å². The predicted molar refractivity (Wildman–Crippen MR) is 61.3 cm³/mol. The van der Waals surface area contributed by atoms with Crippen molar-refractivity contribution in [2.75, 3.05) is 25.1 Å². The lowest BCUT2D eigenvalue weighted by Gasteiger charge is -2.20. The Labute approximate surface area is 94.6 Å². The summed E-state index contributed by atoms with van der Waals surface area (Å²) in [7, 11) is 0. The standard InChI is InChI=1S/C12H15NO3/c1-8-5-11-12(16-4-3-15-11)6-10(8)13-7-9(2)14/h5-6,13H,3-4,7H2,1-2H3. The van der Waals surface area contributed by atoms with Crippen LogP contribution in [-0.2, 0) is 4.79 Å². The molecule has 1 aromatic rings. The zero-order chi connectivity index (χ0) is 11.5. The van der Waals surface area contributed by atoms with Crippen molar-refractivity contribution in [2.45, 2.75) is 13.8 Å². The zero-order valence-corrected chi connectivity index (χ0v) is 9.50.